The Balaban J connectivity index is 2.28. The fraction of sp³-hybridized carbons (Fsp3) is 0.467. The van der Waals surface area contributed by atoms with Gasteiger partial charge in [0.1, 0.15) is 11.6 Å². The van der Waals surface area contributed by atoms with E-state index in [0.717, 1.165) is 34.8 Å². The van der Waals surface area contributed by atoms with Crippen LogP contribution in [0.5, 0.6) is 0 Å². The summed E-state index contributed by atoms with van der Waals surface area (Å²) in [5.41, 5.74) is 2.29. The first-order chi connectivity index (χ1) is 9.52. The van der Waals surface area contributed by atoms with Gasteiger partial charge in [-0.25, -0.2) is 9.67 Å². The van der Waals surface area contributed by atoms with Crippen molar-refractivity contribution >= 4 is 15.9 Å². The lowest BCUT2D eigenvalue weighted by Crippen LogP contribution is -2.19. The molecule has 0 saturated heterocycles. The van der Waals surface area contributed by atoms with Crippen LogP contribution in [-0.4, -0.2) is 21.3 Å². The zero-order valence-corrected chi connectivity index (χ0v) is 14.0. The van der Waals surface area contributed by atoms with Gasteiger partial charge < -0.3 is 5.32 Å². The van der Waals surface area contributed by atoms with Gasteiger partial charge in [-0.2, -0.15) is 5.10 Å². The Morgan fingerprint density at radius 1 is 1.35 bits per heavy atom. The molecule has 0 saturated carbocycles. The van der Waals surface area contributed by atoms with Gasteiger partial charge in [0.15, 0.2) is 0 Å². The van der Waals surface area contributed by atoms with Gasteiger partial charge in [0.25, 0.3) is 0 Å². The largest absolute Gasteiger partial charge is 0.310 e. The summed E-state index contributed by atoms with van der Waals surface area (Å²) in [5, 5.41) is 7.91. The van der Waals surface area contributed by atoms with E-state index in [2.05, 4.69) is 63.4 Å². The average molecular weight is 337 g/mol. The lowest BCUT2D eigenvalue weighted by molar-refractivity contribution is 0.569. The molecule has 0 aliphatic carbocycles. The van der Waals surface area contributed by atoms with Gasteiger partial charge in [-0.05, 0) is 51.4 Å². The molecule has 108 valence electrons. The summed E-state index contributed by atoms with van der Waals surface area (Å²) in [4.78, 5) is 4.34. The summed E-state index contributed by atoms with van der Waals surface area (Å²) < 4.78 is 2.97. The first-order valence-corrected chi connectivity index (χ1v) is 7.75. The molecule has 2 rings (SSSR count). The van der Waals surface area contributed by atoms with E-state index in [-0.39, 0.29) is 0 Å². The number of hydrogen-bond donors (Lipinski definition) is 1. The molecule has 1 aromatic heterocycles. The molecule has 1 unspecified atom stereocenters. The minimum Gasteiger partial charge on any atom is -0.310 e. The summed E-state index contributed by atoms with van der Waals surface area (Å²) >= 11 is 3.67. The van der Waals surface area contributed by atoms with Crippen molar-refractivity contribution in [3.8, 4) is 5.69 Å². The number of aryl methyl sites for hydroxylation is 2. The van der Waals surface area contributed by atoms with Crippen LogP contribution in [0.1, 0.15) is 43.5 Å². The van der Waals surface area contributed by atoms with E-state index < -0.39 is 0 Å². The van der Waals surface area contributed by atoms with E-state index in [1.54, 1.807) is 0 Å². The number of hydrogen-bond acceptors (Lipinski definition) is 3. The van der Waals surface area contributed by atoms with E-state index >= 15 is 0 Å². The zero-order chi connectivity index (χ0) is 14.7. The van der Waals surface area contributed by atoms with Gasteiger partial charge in [0.2, 0.25) is 0 Å². The molecule has 0 bridgehead atoms. The average Bonchev–Trinajstić information content (AvgIpc) is 2.75. The molecule has 0 amide bonds. The van der Waals surface area contributed by atoms with Gasteiger partial charge >= 0.3 is 0 Å². The highest BCUT2D eigenvalue weighted by molar-refractivity contribution is 9.10. The molecule has 4 nitrogen and oxygen atoms in total. The molecular weight excluding hydrogens is 316 g/mol. The number of nitrogens with zero attached hydrogens (tertiary/aromatic N) is 3. The minimum absolute atomic E-state index is 0.331. The second-order valence-corrected chi connectivity index (χ2v) is 5.85. The Hall–Kier alpha value is -1.20. The number of aromatic nitrogens is 3. The number of nitrogens with one attached hydrogen (secondary N) is 1. The van der Waals surface area contributed by atoms with Gasteiger partial charge in [-0.1, -0.05) is 28.9 Å². The quantitative estimate of drug-likeness (QED) is 0.904. The van der Waals surface area contributed by atoms with Gasteiger partial charge in [0.05, 0.1) is 5.69 Å². The van der Waals surface area contributed by atoms with Crippen molar-refractivity contribution in [2.24, 2.45) is 0 Å². The maximum Gasteiger partial charge on any atom is 0.148 e. The first-order valence-electron chi connectivity index (χ1n) is 6.96. The lowest BCUT2D eigenvalue weighted by atomic mass is 10.1. The van der Waals surface area contributed by atoms with Crippen molar-refractivity contribution < 1.29 is 0 Å². The highest BCUT2D eigenvalue weighted by atomic mass is 79.9. The van der Waals surface area contributed by atoms with Crippen molar-refractivity contribution in [1.82, 2.24) is 20.1 Å². The minimum atomic E-state index is 0.331. The highest BCUT2D eigenvalue weighted by Crippen LogP contribution is 2.26. The van der Waals surface area contributed by atoms with E-state index in [4.69, 9.17) is 0 Å². The first kappa shape index (κ1) is 15.2. The predicted molar refractivity (Wildman–Crippen MR) is 85.2 cm³/mol. The van der Waals surface area contributed by atoms with Gasteiger partial charge in [-0.3, -0.25) is 0 Å². The number of rotatable bonds is 5. The Kier molecular flexibility index (Phi) is 4.94. The topological polar surface area (TPSA) is 42.7 Å². The molecule has 2 aromatic rings. The summed E-state index contributed by atoms with van der Waals surface area (Å²) in [6, 6.07) is 6.66. The summed E-state index contributed by atoms with van der Waals surface area (Å²) in [6.45, 7) is 9.25. The standard InChI is InChI=1S/C15H21BrN4/c1-5-8-17-10(2)14-7-6-13(9-15(14)16)20-12(4)18-11(3)19-20/h6-7,9-10,17H,5,8H2,1-4H3. The maximum atomic E-state index is 4.41. The summed E-state index contributed by atoms with van der Waals surface area (Å²) in [6.07, 6.45) is 1.14. The van der Waals surface area contributed by atoms with Gasteiger partial charge in [0, 0.05) is 10.5 Å². The second kappa shape index (κ2) is 6.50. The smallest absolute Gasteiger partial charge is 0.148 e. The van der Waals surface area contributed by atoms with Crippen LogP contribution in [0.25, 0.3) is 5.69 Å². The van der Waals surface area contributed by atoms with Crippen molar-refractivity contribution in [3.63, 3.8) is 0 Å². The van der Waals surface area contributed by atoms with Crippen molar-refractivity contribution in [1.29, 1.82) is 0 Å². The number of benzene rings is 1. The van der Waals surface area contributed by atoms with Crippen LogP contribution in [0.2, 0.25) is 0 Å². The Morgan fingerprint density at radius 3 is 2.65 bits per heavy atom. The maximum absolute atomic E-state index is 4.41. The van der Waals surface area contributed by atoms with E-state index in [9.17, 15) is 0 Å². The van der Waals surface area contributed by atoms with Crippen molar-refractivity contribution in [2.45, 2.75) is 40.2 Å². The van der Waals surface area contributed by atoms with Crippen LogP contribution < -0.4 is 5.32 Å². The van der Waals surface area contributed by atoms with Gasteiger partial charge in [-0.15, -0.1) is 0 Å². The van der Waals surface area contributed by atoms with Crippen LogP contribution in [0, 0.1) is 13.8 Å². The molecule has 0 spiro atoms. The molecule has 0 aliphatic rings. The monoisotopic (exact) mass is 336 g/mol. The Morgan fingerprint density at radius 2 is 2.10 bits per heavy atom. The third-order valence-corrected chi connectivity index (χ3v) is 3.96. The Bertz CT molecular complexity index is 592. The molecule has 0 radical (unpaired) electrons. The molecular formula is C15H21BrN4. The molecule has 0 fully saturated rings. The van der Waals surface area contributed by atoms with Crippen LogP contribution in [-0.2, 0) is 0 Å². The van der Waals surface area contributed by atoms with Crippen LogP contribution in [0.4, 0.5) is 0 Å². The molecule has 5 heteroatoms. The third-order valence-electron chi connectivity index (χ3n) is 3.27. The van der Waals surface area contributed by atoms with E-state index in [1.807, 2.05) is 18.5 Å². The molecule has 1 atom stereocenters. The second-order valence-electron chi connectivity index (χ2n) is 5.00. The zero-order valence-electron chi connectivity index (χ0n) is 12.4. The fourth-order valence-electron chi connectivity index (χ4n) is 2.24. The van der Waals surface area contributed by atoms with E-state index in [0.29, 0.717) is 6.04 Å². The SMILES string of the molecule is CCCNC(C)c1ccc(-n2nc(C)nc2C)cc1Br. The summed E-state index contributed by atoms with van der Waals surface area (Å²) in [5.74, 6) is 1.69. The van der Waals surface area contributed by atoms with Crippen molar-refractivity contribution in [3.05, 3.63) is 39.9 Å². The lowest BCUT2D eigenvalue weighted by Gasteiger charge is -2.16. The highest BCUT2D eigenvalue weighted by Gasteiger charge is 2.11. The Labute approximate surface area is 128 Å². The predicted octanol–water partition coefficient (Wildman–Crippen LogP) is 3.71. The van der Waals surface area contributed by atoms with E-state index in [1.165, 1.54) is 5.56 Å². The number of halogens is 1. The third kappa shape index (κ3) is 3.27. The molecule has 1 heterocycles. The molecule has 1 N–H and O–H groups in total. The van der Waals surface area contributed by atoms with Crippen molar-refractivity contribution in [2.75, 3.05) is 6.54 Å². The molecule has 0 aliphatic heterocycles. The summed E-state index contributed by atoms with van der Waals surface area (Å²) in [7, 11) is 0. The van der Waals surface area contributed by atoms with Crippen LogP contribution in [0.15, 0.2) is 22.7 Å². The fourth-order valence-corrected chi connectivity index (χ4v) is 2.95. The normalized spacial score (nSPS) is 12.7. The van der Waals surface area contributed by atoms with Crippen LogP contribution in [0.3, 0.4) is 0 Å². The molecule has 1 aromatic carbocycles. The molecule has 20 heavy (non-hydrogen) atoms. The van der Waals surface area contributed by atoms with Crippen LogP contribution >= 0.6 is 15.9 Å².